The molecule has 6 heteroatoms. The number of amides is 1. The van der Waals surface area contributed by atoms with Crippen LogP contribution >= 0.6 is 0 Å². The Bertz CT molecular complexity index is 579. The van der Waals surface area contributed by atoms with E-state index in [4.69, 9.17) is 14.6 Å². The maximum absolute atomic E-state index is 12.0. The topological polar surface area (TPSA) is 84.9 Å². The van der Waals surface area contributed by atoms with Crippen LogP contribution in [0.15, 0.2) is 24.3 Å². The number of carbonyl (C=O) groups is 2. The van der Waals surface area contributed by atoms with Crippen molar-refractivity contribution in [3.05, 3.63) is 24.3 Å². The first-order valence-electron chi connectivity index (χ1n) is 8.82. The Balaban J connectivity index is 1.73. The van der Waals surface area contributed by atoms with Crippen molar-refractivity contribution in [2.45, 2.75) is 45.6 Å². The minimum Gasteiger partial charge on any atom is -0.493 e. The lowest BCUT2D eigenvalue weighted by Crippen LogP contribution is -2.40. The third-order valence-corrected chi connectivity index (χ3v) is 4.20. The molecule has 0 heterocycles. The Morgan fingerprint density at radius 1 is 1.16 bits per heavy atom. The summed E-state index contributed by atoms with van der Waals surface area (Å²) in [7, 11) is 0. The van der Waals surface area contributed by atoms with Crippen LogP contribution in [0.4, 0.5) is 0 Å². The highest BCUT2D eigenvalue weighted by Gasteiger charge is 2.26. The molecule has 2 rings (SSSR count). The molecule has 1 amide bonds. The molecule has 138 valence electrons. The number of nitrogens with one attached hydrogen (secondary N) is 1. The zero-order chi connectivity index (χ0) is 18.2. The van der Waals surface area contributed by atoms with Gasteiger partial charge in [-0.3, -0.25) is 9.59 Å². The van der Waals surface area contributed by atoms with Gasteiger partial charge >= 0.3 is 5.97 Å². The fourth-order valence-corrected chi connectivity index (χ4v) is 2.82. The first-order valence-corrected chi connectivity index (χ1v) is 8.82. The monoisotopic (exact) mass is 349 g/mol. The number of aliphatic carboxylic acids is 1. The molecule has 1 fully saturated rings. The average molecular weight is 349 g/mol. The molecule has 0 aliphatic heterocycles. The van der Waals surface area contributed by atoms with Gasteiger partial charge in [-0.05, 0) is 43.7 Å². The summed E-state index contributed by atoms with van der Waals surface area (Å²) >= 11 is 0. The SMILES string of the molecule is CC(C)COc1cccc(OCC(=O)NC2CCC(C(=O)O)CC2)c1. The smallest absolute Gasteiger partial charge is 0.306 e. The third kappa shape index (κ3) is 6.64. The summed E-state index contributed by atoms with van der Waals surface area (Å²) in [6.45, 7) is 4.72. The van der Waals surface area contributed by atoms with Crippen molar-refractivity contribution in [1.82, 2.24) is 5.32 Å². The van der Waals surface area contributed by atoms with Gasteiger partial charge in [0.1, 0.15) is 11.5 Å². The lowest BCUT2D eigenvalue weighted by atomic mass is 9.86. The van der Waals surface area contributed by atoms with Crippen LogP contribution < -0.4 is 14.8 Å². The van der Waals surface area contributed by atoms with Crippen LogP contribution in [0.1, 0.15) is 39.5 Å². The van der Waals surface area contributed by atoms with Crippen molar-refractivity contribution in [3.8, 4) is 11.5 Å². The standard InChI is InChI=1S/C19H27NO5/c1-13(2)11-24-16-4-3-5-17(10-16)25-12-18(21)20-15-8-6-14(7-9-15)19(22)23/h3-5,10,13-15H,6-9,11-12H2,1-2H3,(H,20,21)(H,22,23). The van der Waals surface area contributed by atoms with Crippen molar-refractivity contribution in [2.75, 3.05) is 13.2 Å². The van der Waals surface area contributed by atoms with Crippen LogP contribution in [0.2, 0.25) is 0 Å². The molecule has 0 spiro atoms. The molecule has 0 saturated heterocycles. The second kappa shape index (κ2) is 9.30. The van der Waals surface area contributed by atoms with Gasteiger partial charge in [-0.15, -0.1) is 0 Å². The van der Waals surface area contributed by atoms with Gasteiger partial charge in [-0.25, -0.2) is 0 Å². The number of benzene rings is 1. The van der Waals surface area contributed by atoms with Crippen molar-refractivity contribution in [3.63, 3.8) is 0 Å². The third-order valence-electron chi connectivity index (χ3n) is 4.20. The zero-order valence-electron chi connectivity index (χ0n) is 14.9. The van der Waals surface area contributed by atoms with Gasteiger partial charge in [0.25, 0.3) is 5.91 Å². The first-order chi connectivity index (χ1) is 11.9. The lowest BCUT2D eigenvalue weighted by Gasteiger charge is -2.26. The highest BCUT2D eigenvalue weighted by atomic mass is 16.5. The van der Waals surface area contributed by atoms with E-state index in [0.717, 1.165) is 5.75 Å². The van der Waals surface area contributed by atoms with Crippen LogP contribution in [0, 0.1) is 11.8 Å². The van der Waals surface area contributed by atoms with Crippen LogP contribution in [0.25, 0.3) is 0 Å². The van der Waals surface area contributed by atoms with E-state index in [9.17, 15) is 9.59 Å². The van der Waals surface area contributed by atoms with Gasteiger partial charge in [0.2, 0.25) is 0 Å². The van der Waals surface area contributed by atoms with E-state index in [0.29, 0.717) is 44.0 Å². The molecule has 1 aliphatic carbocycles. The van der Waals surface area contributed by atoms with E-state index in [-0.39, 0.29) is 24.5 Å². The Morgan fingerprint density at radius 3 is 2.40 bits per heavy atom. The summed E-state index contributed by atoms with van der Waals surface area (Å²) in [5.41, 5.74) is 0. The van der Waals surface area contributed by atoms with Crippen LogP contribution in [0.5, 0.6) is 11.5 Å². The number of hydrogen-bond donors (Lipinski definition) is 2. The molecular formula is C19H27NO5. The van der Waals surface area contributed by atoms with Crippen molar-refractivity contribution in [1.29, 1.82) is 0 Å². The Kier molecular flexibility index (Phi) is 7.10. The fraction of sp³-hybridized carbons (Fsp3) is 0.579. The first kappa shape index (κ1) is 19.1. The average Bonchev–Trinajstić information content (AvgIpc) is 2.59. The van der Waals surface area contributed by atoms with Crippen molar-refractivity contribution >= 4 is 11.9 Å². The van der Waals surface area contributed by atoms with Crippen LogP contribution in [0.3, 0.4) is 0 Å². The Hall–Kier alpha value is -2.24. The summed E-state index contributed by atoms with van der Waals surface area (Å²) in [4.78, 5) is 23.0. The number of carboxylic acids is 1. The van der Waals surface area contributed by atoms with E-state index in [1.165, 1.54) is 0 Å². The molecule has 1 aromatic rings. The van der Waals surface area contributed by atoms with E-state index in [1.54, 1.807) is 12.1 Å². The Labute approximate surface area is 148 Å². The second-order valence-electron chi connectivity index (χ2n) is 6.92. The summed E-state index contributed by atoms with van der Waals surface area (Å²) in [5.74, 6) is 0.536. The molecule has 1 aliphatic rings. The number of carboxylic acid groups (broad SMARTS) is 1. The lowest BCUT2D eigenvalue weighted by molar-refractivity contribution is -0.142. The van der Waals surface area contributed by atoms with Gasteiger partial charge in [0.15, 0.2) is 6.61 Å². The quantitative estimate of drug-likeness (QED) is 0.754. The molecule has 1 aromatic carbocycles. The number of ether oxygens (including phenoxy) is 2. The molecule has 2 N–H and O–H groups in total. The molecule has 25 heavy (non-hydrogen) atoms. The fourth-order valence-electron chi connectivity index (χ4n) is 2.82. The van der Waals surface area contributed by atoms with E-state index in [1.807, 2.05) is 12.1 Å². The van der Waals surface area contributed by atoms with Crippen molar-refractivity contribution in [2.24, 2.45) is 11.8 Å². The molecule has 0 radical (unpaired) electrons. The van der Waals surface area contributed by atoms with Gasteiger partial charge in [-0.1, -0.05) is 19.9 Å². The van der Waals surface area contributed by atoms with Gasteiger partial charge < -0.3 is 19.9 Å². The maximum Gasteiger partial charge on any atom is 0.306 e. The molecule has 0 aromatic heterocycles. The molecule has 0 atom stereocenters. The number of hydrogen-bond acceptors (Lipinski definition) is 4. The molecule has 6 nitrogen and oxygen atoms in total. The zero-order valence-corrected chi connectivity index (χ0v) is 14.9. The summed E-state index contributed by atoms with van der Waals surface area (Å²) in [6.07, 6.45) is 2.61. The highest BCUT2D eigenvalue weighted by molar-refractivity contribution is 5.78. The minimum absolute atomic E-state index is 0.0346. The van der Waals surface area contributed by atoms with Gasteiger partial charge in [0.05, 0.1) is 12.5 Å². The normalized spacial score (nSPS) is 20.1. The predicted molar refractivity (Wildman–Crippen MR) is 93.8 cm³/mol. The van der Waals surface area contributed by atoms with E-state index < -0.39 is 5.97 Å². The van der Waals surface area contributed by atoms with Crippen molar-refractivity contribution < 1.29 is 24.2 Å². The van der Waals surface area contributed by atoms with E-state index in [2.05, 4.69) is 19.2 Å². The largest absolute Gasteiger partial charge is 0.493 e. The summed E-state index contributed by atoms with van der Waals surface area (Å²) in [6, 6.07) is 7.28. The second-order valence-corrected chi connectivity index (χ2v) is 6.92. The van der Waals surface area contributed by atoms with Crippen LogP contribution in [-0.4, -0.2) is 36.2 Å². The molecular weight excluding hydrogens is 322 g/mol. The molecule has 1 saturated carbocycles. The molecule has 0 bridgehead atoms. The van der Waals surface area contributed by atoms with E-state index >= 15 is 0 Å². The van der Waals surface area contributed by atoms with Crippen LogP contribution in [-0.2, 0) is 9.59 Å². The summed E-state index contributed by atoms with van der Waals surface area (Å²) < 4.78 is 11.2. The number of rotatable bonds is 8. The Morgan fingerprint density at radius 2 is 1.80 bits per heavy atom. The number of carbonyl (C=O) groups excluding carboxylic acids is 1. The predicted octanol–water partition coefficient (Wildman–Crippen LogP) is 2.86. The minimum atomic E-state index is -0.743. The maximum atomic E-state index is 12.0. The van der Waals surface area contributed by atoms with Gasteiger partial charge in [0, 0.05) is 12.1 Å². The van der Waals surface area contributed by atoms with Gasteiger partial charge in [-0.2, -0.15) is 0 Å². The molecule has 0 unspecified atom stereocenters. The highest BCUT2D eigenvalue weighted by Crippen LogP contribution is 2.24. The summed E-state index contributed by atoms with van der Waals surface area (Å²) in [5, 5.41) is 11.9.